The van der Waals surface area contributed by atoms with Crippen molar-refractivity contribution in [3.63, 3.8) is 0 Å². The van der Waals surface area contributed by atoms with Crippen molar-refractivity contribution in [1.82, 2.24) is 16.0 Å². The minimum absolute atomic E-state index is 0.0293. The number of carboxylic acids is 1. The molecule has 42 heavy (non-hydrogen) atoms. The van der Waals surface area contributed by atoms with Crippen LogP contribution in [-0.2, 0) is 41.6 Å². The van der Waals surface area contributed by atoms with Gasteiger partial charge in [0.1, 0.15) is 29.6 Å². The van der Waals surface area contributed by atoms with E-state index in [-0.39, 0.29) is 37.2 Å². The van der Waals surface area contributed by atoms with Crippen LogP contribution in [0.4, 0.5) is 0 Å². The van der Waals surface area contributed by atoms with Crippen LogP contribution in [0.5, 0.6) is 11.5 Å². The summed E-state index contributed by atoms with van der Waals surface area (Å²) in [4.78, 5) is 73.4. The van der Waals surface area contributed by atoms with Crippen molar-refractivity contribution in [2.45, 2.75) is 56.3 Å². The van der Waals surface area contributed by atoms with Crippen LogP contribution in [0.25, 0.3) is 0 Å². The van der Waals surface area contributed by atoms with Gasteiger partial charge in [0.2, 0.25) is 29.5 Å². The van der Waals surface area contributed by atoms with Gasteiger partial charge in [-0.25, -0.2) is 4.79 Å². The minimum atomic E-state index is -1.70. The smallest absolute Gasteiger partial charge is 0.326 e. The second-order valence-electron chi connectivity index (χ2n) is 9.54. The van der Waals surface area contributed by atoms with Gasteiger partial charge in [0.25, 0.3) is 0 Å². The number of primary amides is 2. The molecule has 0 aliphatic rings. The molecule has 2 aromatic carbocycles. The molecule has 0 saturated carbocycles. The highest BCUT2D eigenvalue weighted by molar-refractivity contribution is 5.95. The first kappa shape index (κ1) is 33.0. The molecule has 0 spiro atoms. The zero-order chi connectivity index (χ0) is 31.4. The van der Waals surface area contributed by atoms with E-state index in [1.807, 2.05) is 0 Å². The van der Waals surface area contributed by atoms with Gasteiger partial charge in [0, 0.05) is 12.8 Å². The summed E-state index contributed by atoms with van der Waals surface area (Å²) < 4.78 is 0. The molecule has 0 aliphatic carbocycles. The molecule has 226 valence electrons. The zero-order valence-corrected chi connectivity index (χ0v) is 22.5. The first-order valence-corrected chi connectivity index (χ1v) is 12.8. The van der Waals surface area contributed by atoms with Crippen LogP contribution in [0.3, 0.4) is 0 Å². The predicted molar refractivity (Wildman–Crippen MR) is 147 cm³/mol. The number of hydrogen-bond donors (Lipinski definition) is 9. The molecular weight excluding hydrogens is 552 g/mol. The number of carbonyl (C=O) groups excluding carboxylic acids is 5. The largest absolute Gasteiger partial charge is 0.508 e. The van der Waals surface area contributed by atoms with Gasteiger partial charge in [-0.15, -0.1) is 0 Å². The Morgan fingerprint density at radius 2 is 1.10 bits per heavy atom. The van der Waals surface area contributed by atoms with Crippen LogP contribution in [0, 0.1) is 0 Å². The SMILES string of the molecule is NC(=O)CCC(NC(=O)C(Cc1ccc(O)cc1)NC(=O)C(N)Cc1ccc(O)cc1)C(=O)NC(CC(N)=O)C(=O)O. The van der Waals surface area contributed by atoms with Gasteiger partial charge in [0.05, 0.1) is 12.5 Å². The summed E-state index contributed by atoms with van der Waals surface area (Å²) in [6, 6.07) is 6.18. The first-order chi connectivity index (χ1) is 19.7. The Morgan fingerprint density at radius 3 is 1.57 bits per heavy atom. The van der Waals surface area contributed by atoms with E-state index in [0.29, 0.717) is 11.1 Å². The summed E-state index contributed by atoms with van der Waals surface area (Å²) in [6.45, 7) is 0. The number of nitrogens with one attached hydrogen (secondary N) is 3. The van der Waals surface area contributed by atoms with Crippen molar-refractivity contribution in [3.8, 4) is 11.5 Å². The lowest BCUT2D eigenvalue weighted by Crippen LogP contribution is -2.58. The molecule has 4 unspecified atom stereocenters. The van der Waals surface area contributed by atoms with Crippen LogP contribution in [0.2, 0.25) is 0 Å². The summed E-state index contributed by atoms with van der Waals surface area (Å²) in [7, 11) is 0. The number of rotatable bonds is 16. The van der Waals surface area contributed by atoms with Crippen LogP contribution in [0.1, 0.15) is 30.4 Å². The fraction of sp³-hybridized carbons (Fsp3) is 0.333. The molecular formula is C27H34N6O9. The molecule has 0 radical (unpaired) electrons. The van der Waals surface area contributed by atoms with E-state index in [2.05, 4.69) is 16.0 Å². The molecule has 0 aliphatic heterocycles. The van der Waals surface area contributed by atoms with E-state index in [1.54, 1.807) is 12.1 Å². The second kappa shape index (κ2) is 15.6. The highest BCUT2D eigenvalue weighted by Gasteiger charge is 2.31. The maximum atomic E-state index is 13.4. The van der Waals surface area contributed by atoms with Gasteiger partial charge in [-0.05, 0) is 48.2 Å². The fourth-order valence-corrected chi connectivity index (χ4v) is 3.84. The minimum Gasteiger partial charge on any atom is -0.508 e. The highest BCUT2D eigenvalue weighted by atomic mass is 16.4. The maximum Gasteiger partial charge on any atom is 0.326 e. The molecule has 5 amide bonds. The molecule has 2 rings (SSSR count). The number of carboxylic acid groups (broad SMARTS) is 1. The number of nitrogens with two attached hydrogens (primary N) is 3. The van der Waals surface area contributed by atoms with E-state index >= 15 is 0 Å². The lowest BCUT2D eigenvalue weighted by molar-refractivity contribution is -0.144. The topological polar surface area (TPSA) is 277 Å². The Bertz CT molecular complexity index is 1280. The van der Waals surface area contributed by atoms with E-state index in [9.17, 15) is 44.1 Å². The Morgan fingerprint density at radius 1 is 0.643 bits per heavy atom. The fourth-order valence-electron chi connectivity index (χ4n) is 3.84. The van der Waals surface area contributed by atoms with Crippen molar-refractivity contribution >= 4 is 35.5 Å². The average Bonchev–Trinajstić information content (AvgIpc) is 2.91. The molecule has 0 heterocycles. The van der Waals surface area contributed by atoms with Gasteiger partial charge in [0.15, 0.2) is 0 Å². The van der Waals surface area contributed by atoms with Crippen molar-refractivity contribution in [3.05, 3.63) is 59.7 Å². The van der Waals surface area contributed by atoms with Crippen molar-refractivity contribution in [1.29, 1.82) is 0 Å². The molecule has 4 atom stereocenters. The van der Waals surface area contributed by atoms with Crippen LogP contribution < -0.4 is 33.2 Å². The summed E-state index contributed by atoms with van der Waals surface area (Å²) >= 11 is 0. The lowest BCUT2D eigenvalue weighted by atomic mass is 10.0. The van der Waals surface area contributed by atoms with Gasteiger partial charge in [-0.2, -0.15) is 0 Å². The number of benzene rings is 2. The van der Waals surface area contributed by atoms with Gasteiger partial charge < -0.3 is 48.5 Å². The molecule has 15 heteroatoms. The number of phenolic OH excluding ortho intramolecular Hbond substituents is 2. The van der Waals surface area contributed by atoms with Crippen molar-refractivity contribution in [2.24, 2.45) is 17.2 Å². The van der Waals surface area contributed by atoms with Crippen LogP contribution in [0.15, 0.2) is 48.5 Å². The third-order valence-electron chi connectivity index (χ3n) is 6.07. The van der Waals surface area contributed by atoms with Gasteiger partial charge >= 0.3 is 5.97 Å². The van der Waals surface area contributed by atoms with Crippen molar-refractivity contribution < 1.29 is 44.1 Å². The lowest BCUT2D eigenvalue weighted by Gasteiger charge is -2.25. The Balaban J connectivity index is 2.26. The van der Waals surface area contributed by atoms with Gasteiger partial charge in [-0.1, -0.05) is 24.3 Å². The van der Waals surface area contributed by atoms with Crippen LogP contribution >= 0.6 is 0 Å². The number of phenols is 2. The molecule has 0 bridgehead atoms. The molecule has 0 saturated heterocycles. The maximum absolute atomic E-state index is 13.4. The Kier molecular flexibility index (Phi) is 12.2. The Labute approximate surface area is 240 Å². The van der Waals surface area contributed by atoms with Crippen molar-refractivity contribution in [2.75, 3.05) is 0 Å². The summed E-state index contributed by atoms with van der Waals surface area (Å²) in [5.74, 6) is -5.98. The predicted octanol–water partition coefficient (Wildman–Crippen LogP) is -2.11. The molecule has 0 fully saturated rings. The zero-order valence-electron chi connectivity index (χ0n) is 22.5. The summed E-state index contributed by atoms with van der Waals surface area (Å²) in [6.07, 6.45) is -1.45. The molecule has 12 N–H and O–H groups in total. The van der Waals surface area contributed by atoms with E-state index in [4.69, 9.17) is 17.2 Å². The second-order valence-corrected chi connectivity index (χ2v) is 9.54. The quantitative estimate of drug-likeness (QED) is 0.103. The van der Waals surface area contributed by atoms with Gasteiger partial charge in [-0.3, -0.25) is 24.0 Å². The standard InChI is InChI=1S/C27H34N6O9/c28-18(11-14-1-5-16(34)6-2-14)24(38)32-20(12-15-3-7-17(35)8-4-15)26(40)31-19(9-10-22(29)36)25(39)33-21(27(41)42)13-23(30)37/h1-8,18-21,34-35H,9-13,28H2,(H2,29,36)(H2,30,37)(H,31,40)(H,32,38)(H,33,39)(H,41,42). The summed E-state index contributed by atoms with van der Waals surface area (Å²) in [5, 5.41) is 35.4. The molecule has 15 nitrogen and oxygen atoms in total. The average molecular weight is 587 g/mol. The third kappa shape index (κ3) is 11.1. The Hall–Kier alpha value is -5.18. The van der Waals surface area contributed by atoms with E-state index < -0.39 is 66.1 Å². The molecule has 2 aromatic rings. The normalized spacial score (nSPS) is 13.5. The third-order valence-corrected chi connectivity index (χ3v) is 6.07. The number of hydrogen-bond acceptors (Lipinski definition) is 9. The van der Waals surface area contributed by atoms with E-state index in [1.165, 1.54) is 36.4 Å². The highest BCUT2D eigenvalue weighted by Crippen LogP contribution is 2.13. The first-order valence-electron chi connectivity index (χ1n) is 12.8. The molecule has 0 aromatic heterocycles. The van der Waals surface area contributed by atoms with Crippen LogP contribution in [-0.4, -0.2) is 75.0 Å². The monoisotopic (exact) mass is 586 g/mol. The number of aliphatic carboxylic acids is 1. The van der Waals surface area contributed by atoms with E-state index in [0.717, 1.165) is 0 Å². The summed E-state index contributed by atoms with van der Waals surface area (Å²) in [5.41, 5.74) is 17.5. The number of amides is 5. The number of carbonyl (C=O) groups is 6. The number of aromatic hydroxyl groups is 2.